The second-order valence-corrected chi connectivity index (χ2v) is 5.17. The van der Waals surface area contributed by atoms with Crippen LogP contribution in [0.5, 0.6) is 0 Å². The number of nitrogens with one attached hydrogen (secondary N) is 1. The maximum absolute atomic E-state index is 13.3. The summed E-state index contributed by atoms with van der Waals surface area (Å²) >= 11 is 0. The summed E-state index contributed by atoms with van der Waals surface area (Å²) in [6.45, 7) is 7.82. The zero-order valence-electron chi connectivity index (χ0n) is 12.7. The van der Waals surface area contributed by atoms with Crippen LogP contribution in [0.3, 0.4) is 0 Å². The van der Waals surface area contributed by atoms with Gasteiger partial charge in [-0.25, -0.2) is 8.78 Å². The summed E-state index contributed by atoms with van der Waals surface area (Å²) in [7, 11) is 0. The third-order valence-corrected chi connectivity index (χ3v) is 3.69. The fourth-order valence-corrected chi connectivity index (χ4v) is 2.24. The van der Waals surface area contributed by atoms with Crippen molar-refractivity contribution < 1.29 is 8.78 Å². The highest BCUT2D eigenvalue weighted by atomic mass is 19.1. The Bertz CT molecular complexity index is 636. The van der Waals surface area contributed by atoms with Gasteiger partial charge in [-0.05, 0) is 56.0 Å². The van der Waals surface area contributed by atoms with E-state index in [4.69, 9.17) is 0 Å². The Morgan fingerprint density at radius 1 is 1.05 bits per heavy atom. The predicted octanol–water partition coefficient (Wildman–Crippen LogP) is 4.11. The number of benzene rings is 1. The Morgan fingerprint density at radius 2 is 1.67 bits per heavy atom. The molecule has 0 radical (unpaired) electrons. The predicted molar refractivity (Wildman–Crippen MR) is 79.3 cm³/mol. The van der Waals surface area contributed by atoms with Crippen molar-refractivity contribution in [2.24, 2.45) is 0 Å². The quantitative estimate of drug-likeness (QED) is 0.921. The average Bonchev–Trinajstić information content (AvgIpc) is 2.43. The van der Waals surface area contributed by atoms with E-state index in [-0.39, 0.29) is 6.04 Å². The van der Waals surface area contributed by atoms with Gasteiger partial charge < -0.3 is 5.32 Å². The van der Waals surface area contributed by atoms with Gasteiger partial charge in [0.25, 0.3) is 0 Å². The molecule has 5 heteroatoms. The first-order chi connectivity index (χ1) is 9.92. The van der Waals surface area contributed by atoms with Gasteiger partial charge in [0, 0.05) is 6.07 Å². The van der Waals surface area contributed by atoms with Crippen LogP contribution in [-0.2, 0) is 6.42 Å². The molecule has 0 aliphatic heterocycles. The van der Waals surface area contributed by atoms with Gasteiger partial charge in [-0.1, -0.05) is 6.92 Å². The zero-order chi connectivity index (χ0) is 15.6. The van der Waals surface area contributed by atoms with Crippen LogP contribution in [0, 0.1) is 25.5 Å². The van der Waals surface area contributed by atoms with Crippen LogP contribution in [0.15, 0.2) is 18.2 Å². The van der Waals surface area contributed by atoms with E-state index in [1.54, 1.807) is 0 Å². The van der Waals surface area contributed by atoms with Crippen molar-refractivity contribution >= 4 is 5.82 Å². The first-order valence-electron chi connectivity index (χ1n) is 6.97. The van der Waals surface area contributed by atoms with Crippen LogP contribution in [0.25, 0.3) is 0 Å². The molecule has 0 saturated heterocycles. The van der Waals surface area contributed by atoms with Gasteiger partial charge in [0.15, 0.2) is 5.82 Å². The molecule has 0 bridgehead atoms. The van der Waals surface area contributed by atoms with Gasteiger partial charge in [-0.3, -0.25) is 0 Å². The molecule has 1 aromatic heterocycles. The Labute approximate surface area is 123 Å². The summed E-state index contributed by atoms with van der Waals surface area (Å²) in [6.07, 6.45) is 0.824. The number of aryl methyl sites for hydroxylation is 1. The standard InChI is InChI=1S/C16H19F2N3/c1-5-15-9(2)10(3)16(21-20-15)19-11(4)12-6-13(17)8-14(18)7-12/h6-8,11H,5H2,1-4H3,(H,19,21)/t11-/m0/s1. The van der Waals surface area contributed by atoms with Crippen molar-refractivity contribution in [2.75, 3.05) is 5.32 Å². The summed E-state index contributed by atoms with van der Waals surface area (Å²) in [4.78, 5) is 0. The first-order valence-corrected chi connectivity index (χ1v) is 6.97. The molecule has 2 rings (SSSR count). The number of rotatable bonds is 4. The van der Waals surface area contributed by atoms with Crippen LogP contribution in [0.1, 0.15) is 42.3 Å². The number of halogens is 2. The van der Waals surface area contributed by atoms with Crippen LogP contribution in [0.4, 0.5) is 14.6 Å². The Morgan fingerprint density at radius 3 is 2.24 bits per heavy atom. The lowest BCUT2D eigenvalue weighted by molar-refractivity contribution is 0.577. The van der Waals surface area contributed by atoms with Gasteiger partial charge in [0.05, 0.1) is 11.7 Å². The zero-order valence-corrected chi connectivity index (χ0v) is 12.7. The Balaban J connectivity index is 2.27. The summed E-state index contributed by atoms with van der Waals surface area (Å²) < 4.78 is 26.5. The minimum Gasteiger partial charge on any atom is -0.362 e. The molecule has 0 aliphatic carbocycles. The van der Waals surface area contributed by atoms with E-state index in [9.17, 15) is 8.78 Å². The molecule has 3 nitrogen and oxygen atoms in total. The molecule has 1 aromatic carbocycles. The van der Waals surface area contributed by atoms with Crippen molar-refractivity contribution in [3.05, 3.63) is 52.2 Å². The van der Waals surface area contributed by atoms with Crippen LogP contribution in [-0.4, -0.2) is 10.2 Å². The smallest absolute Gasteiger partial charge is 0.152 e. The lowest BCUT2D eigenvalue weighted by Crippen LogP contribution is -2.12. The lowest BCUT2D eigenvalue weighted by Gasteiger charge is -2.18. The monoisotopic (exact) mass is 291 g/mol. The minimum atomic E-state index is -0.584. The number of nitrogens with zero attached hydrogens (tertiary/aromatic N) is 2. The van der Waals surface area contributed by atoms with Gasteiger partial charge in [0.1, 0.15) is 11.6 Å². The maximum atomic E-state index is 13.3. The minimum absolute atomic E-state index is 0.268. The second-order valence-electron chi connectivity index (χ2n) is 5.17. The number of anilines is 1. The number of aromatic nitrogens is 2. The van der Waals surface area contributed by atoms with Gasteiger partial charge in [0.2, 0.25) is 0 Å². The fourth-order valence-electron chi connectivity index (χ4n) is 2.24. The maximum Gasteiger partial charge on any atom is 0.152 e. The van der Waals surface area contributed by atoms with E-state index in [2.05, 4.69) is 15.5 Å². The molecule has 1 N–H and O–H groups in total. The molecule has 0 spiro atoms. The Hall–Kier alpha value is -2.04. The highest BCUT2D eigenvalue weighted by Crippen LogP contribution is 2.24. The van der Waals surface area contributed by atoms with E-state index in [0.29, 0.717) is 11.4 Å². The van der Waals surface area contributed by atoms with E-state index in [1.807, 2.05) is 27.7 Å². The molecule has 0 saturated carbocycles. The highest BCUT2D eigenvalue weighted by Gasteiger charge is 2.13. The van der Waals surface area contributed by atoms with E-state index in [1.165, 1.54) is 12.1 Å². The summed E-state index contributed by atoms with van der Waals surface area (Å²) in [5.41, 5.74) is 3.59. The van der Waals surface area contributed by atoms with Crippen LogP contribution < -0.4 is 5.32 Å². The summed E-state index contributed by atoms with van der Waals surface area (Å²) in [5.74, 6) is -0.528. The van der Waals surface area contributed by atoms with Crippen molar-refractivity contribution in [3.63, 3.8) is 0 Å². The second kappa shape index (κ2) is 6.16. The summed E-state index contributed by atoms with van der Waals surface area (Å²) in [6, 6.07) is 3.23. The molecule has 2 aromatic rings. The molecule has 21 heavy (non-hydrogen) atoms. The molecule has 0 fully saturated rings. The summed E-state index contributed by atoms with van der Waals surface area (Å²) in [5, 5.41) is 11.5. The third-order valence-electron chi connectivity index (χ3n) is 3.69. The topological polar surface area (TPSA) is 37.8 Å². The molecule has 1 heterocycles. The number of hydrogen-bond donors (Lipinski definition) is 1. The van der Waals surface area contributed by atoms with Crippen molar-refractivity contribution in [3.8, 4) is 0 Å². The van der Waals surface area contributed by atoms with Crippen molar-refractivity contribution in [2.45, 2.75) is 40.2 Å². The lowest BCUT2D eigenvalue weighted by atomic mass is 10.1. The third kappa shape index (κ3) is 3.35. The molecule has 0 aliphatic rings. The molecule has 0 amide bonds. The van der Waals surface area contributed by atoms with Gasteiger partial charge in [-0.2, -0.15) is 5.10 Å². The van der Waals surface area contributed by atoms with Crippen molar-refractivity contribution in [1.29, 1.82) is 0 Å². The molecule has 1 atom stereocenters. The molecule has 0 unspecified atom stereocenters. The average molecular weight is 291 g/mol. The van der Waals surface area contributed by atoms with E-state index in [0.717, 1.165) is 29.3 Å². The highest BCUT2D eigenvalue weighted by molar-refractivity contribution is 5.49. The van der Waals surface area contributed by atoms with Crippen molar-refractivity contribution in [1.82, 2.24) is 10.2 Å². The van der Waals surface area contributed by atoms with E-state index >= 15 is 0 Å². The van der Waals surface area contributed by atoms with Crippen LogP contribution in [0.2, 0.25) is 0 Å². The SMILES string of the molecule is CCc1nnc(N[C@@H](C)c2cc(F)cc(F)c2)c(C)c1C. The number of hydrogen-bond acceptors (Lipinski definition) is 3. The van der Waals surface area contributed by atoms with Gasteiger partial charge in [-0.15, -0.1) is 5.10 Å². The van der Waals surface area contributed by atoms with Crippen LogP contribution >= 0.6 is 0 Å². The molecular formula is C16H19F2N3. The molecular weight excluding hydrogens is 272 g/mol. The normalized spacial score (nSPS) is 12.3. The Kier molecular flexibility index (Phi) is 4.50. The fraction of sp³-hybridized carbons (Fsp3) is 0.375. The first kappa shape index (κ1) is 15.4. The largest absolute Gasteiger partial charge is 0.362 e. The van der Waals surface area contributed by atoms with Gasteiger partial charge >= 0.3 is 0 Å². The van der Waals surface area contributed by atoms with E-state index < -0.39 is 11.6 Å². The molecule has 112 valence electrons.